The first-order valence-electron chi connectivity index (χ1n) is 14.4. The third kappa shape index (κ3) is 3.46. The maximum absolute atomic E-state index is 2.39. The molecule has 196 valence electrons. The van der Waals surface area contributed by atoms with Crippen LogP contribution < -0.4 is 0 Å². The first-order chi connectivity index (χ1) is 20.1. The summed E-state index contributed by atoms with van der Waals surface area (Å²) in [7, 11) is 0. The molecule has 41 heavy (non-hydrogen) atoms. The monoisotopic (exact) mass is 590 g/mol. The molecule has 0 saturated heterocycles. The Kier molecular flexibility index (Phi) is 5.51. The van der Waals surface area contributed by atoms with Crippen LogP contribution in [0.1, 0.15) is 47.2 Å². The Morgan fingerprint density at radius 3 is 1.66 bits per heavy atom. The topological polar surface area (TPSA) is 0 Å². The van der Waals surface area contributed by atoms with E-state index in [1.807, 2.05) is 0 Å². The Labute approximate surface area is 247 Å². The van der Waals surface area contributed by atoms with E-state index >= 15 is 0 Å². The summed E-state index contributed by atoms with van der Waals surface area (Å²) in [6.45, 7) is 4.75. The van der Waals surface area contributed by atoms with Gasteiger partial charge in [-0.2, -0.15) is 0 Å². The van der Waals surface area contributed by atoms with Crippen molar-refractivity contribution in [3.63, 3.8) is 0 Å². The van der Waals surface area contributed by atoms with Crippen LogP contribution in [-0.2, 0) is 10.8 Å². The molecule has 1 heterocycles. The Bertz CT molecular complexity index is 2010. The summed E-state index contributed by atoms with van der Waals surface area (Å²) in [5.74, 6) is 0. The second-order valence-electron chi connectivity index (χ2n) is 11.7. The van der Waals surface area contributed by atoms with Crippen molar-refractivity contribution in [2.45, 2.75) is 24.7 Å². The van der Waals surface area contributed by atoms with Crippen molar-refractivity contribution >= 4 is 33.8 Å². The summed E-state index contributed by atoms with van der Waals surface area (Å²) in [6.07, 6.45) is 0. The van der Waals surface area contributed by atoms with Crippen LogP contribution in [0.25, 0.3) is 30.4 Å². The van der Waals surface area contributed by atoms with Gasteiger partial charge in [0.25, 0.3) is 0 Å². The van der Waals surface area contributed by atoms with Crippen LogP contribution >= 0.6 is 0 Å². The zero-order valence-electron chi connectivity index (χ0n) is 23.3. The van der Waals surface area contributed by atoms with Crippen molar-refractivity contribution < 1.29 is 0 Å². The molecule has 1 heteroatoms. The fourth-order valence-electron chi connectivity index (χ4n) is 7.35. The Morgan fingerprint density at radius 1 is 0.439 bits per heavy atom. The molecule has 6 aromatic carbocycles. The molecule has 0 N–H and O–H groups in total. The molecule has 0 aliphatic heterocycles. The zero-order valence-corrected chi connectivity index (χ0v) is 25.0. The van der Waals surface area contributed by atoms with Gasteiger partial charge in [0.2, 0.25) is 0 Å². The molecule has 1 aromatic heterocycles. The van der Waals surface area contributed by atoms with Crippen molar-refractivity contribution in [2.75, 3.05) is 0 Å². The van der Waals surface area contributed by atoms with Gasteiger partial charge in [0.1, 0.15) is 0 Å². The summed E-state index contributed by atoms with van der Waals surface area (Å²) in [5, 5.41) is 2.81. The van der Waals surface area contributed by atoms with Gasteiger partial charge in [-0.05, 0) is 0 Å². The fourth-order valence-corrected chi connectivity index (χ4v) is 9.95. The molecule has 7 aromatic rings. The molecule has 0 radical (unpaired) electrons. The van der Waals surface area contributed by atoms with E-state index in [1.165, 1.54) is 63.8 Å². The molecule has 0 atom stereocenters. The average molecular weight is 590 g/mol. The minimum absolute atomic E-state index is 0.0902. The fraction of sp³-hybridized carbons (Fsp3) is 0.100. The van der Waals surface area contributed by atoms with Crippen molar-refractivity contribution in [3.8, 4) is 11.1 Å². The van der Waals surface area contributed by atoms with Crippen LogP contribution in [0.4, 0.5) is 0 Å². The third-order valence-electron chi connectivity index (χ3n) is 9.25. The molecule has 0 saturated carbocycles. The van der Waals surface area contributed by atoms with Crippen molar-refractivity contribution in [1.29, 1.82) is 0 Å². The second-order valence-corrected chi connectivity index (χ2v) is 13.9. The molecule has 0 nitrogen and oxygen atoms in total. The van der Waals surface area contributed by atoms with E-state index in [9.17, 15) is 0 Å². The van der Waals surface area contributed by atoms with Crippen LogP contribution in [0.5, 0.6) is 0 Å². The molecule has 8 rings (SSSR count). The van der Waals surface area contributed by atoms with E-state index in [1.54, 1.807) is 0 Å². The van der Waals surface area contributed by atoms with Gasteiger partial charge in [-0.1, -0.05) is 0 Å². The normalized spacial score (nSPS) is 15.0. The van der Waals surface area contributed by atoms with E-state index in [0.717, 1.165) is 0 Å². The average Bonchev–Trinajstić information content (AvgIpc) is 3.42. The van der Waals surface area contributed by atoms with Gasteiger partial charge in [-0.15, -0.1) is 0 Å². The Balaban J connectivity index is 1.40. The van der Waals surface area contributed by atoms with Crippen molar-refractivity contribution in [1.82, 2.24) is 0 Å². The predicted octanol–water partition coefficient (Wildman–Crippen LogP) is 9.74. The summed E-state index contributed by atoms with van der Waals surface area (Å²) >= 11 is 0.319. The van der Waals surface area contributed by atoms with E-state index in [4.69, 9.17) is 0 Å². The Morgan fingerprint density at radius 2 is 0.976 bits per heavy atom. The molecule has 1 aliphatic carbocycles. The Hall–Kier alpha value is -4.16. The van der Waals surface area contributed by atoms with Gasteiger partial charge >= 0.3 is 249 Å². The molecule has 0 bridgehead atoms. The number of hydrogen-bond donors (Lipinski definition) is 0. The molecular weight excluding hydrogens is 559 g/mol. The quantitative estimate of drug-likeness (QED) is 0.180. The van der Waals surface area contributed by atoms with Gasteiger partial charge in [0, 0.05) is 0 Å². The van der Waals surface area contributed by atoms with E-state index in [2.05, 4.69) is 159 Å². The summed E-state index contributed by atoms with van der Waals surface area (Å²) in [4.78, 5) is 0. The molecule has 0 unspecified atom stereocenters. The van der Waals surface area contributed by atoms with E-state index in [-0.39, 0.29) is 5.41 Å². The number of benzene rings is 6. The predicted molar refractivity (Wildman–Crippen MR) is 174 cm³/mol. The van der Waals surface area contributed by atoms with Crippen LogP contribution in [0.3, 0.4) is 0 Å². The van der Waals surface area contributed by atoms with E-state index in [0.29, 0.717) is 14.5 Å². The SMILES string of the molecule is CC1(C)c2ccccc2C(c2ccccc2)(c2ccc(-c3cccc4c3[se]c3ccccc34)cc2)c2ccccc21. The molecule has 0 fully saturated rings. The number of fused-ring (bicyclic) bond motifs is 5. The number of hydrogen-bond acceptors (Lipinski definition) is 0. The summed E-state index contributed by atoms with van der Waals surface area (Å²) < 4.78 is 2.99. The molecular formula is C40H30Se. The van der Waals surface area contributed by atoms with Crippen LogP contribution in [0, 0.1) is 0 Å². The van der Waals surface area contributed by atoms with Crippen molar-refractivity contribution in [3.05, 3.63) is 179 Å². The van der Waals surface area contributed by atoms with Crippen LogP contribution in [-0.4, -0.2) is 14.5 Å². The minimum atomic E-state index is -0.401. The number of rotatable bonds is 3. The third-order valence-corrected chi connectivity index (χ3v) is 11.8. The molecule has 1 aliphatic rings. The maximum atomic E-state index is 2.39. The molecule has 0 spiro atoms. The van der Waals surface area contributed by atoms with Gasteiger partial charge in [-0.25, -0.2) is 0 Å². The summed E-state index contributed by atoms with van der Waals surface area (Å²) in [5.41, 5.74) is 10.3. The standard InChI is InChI=1S/C40H30Se/c1-39(2)33-18-7-9-20-35(33)40(28-13-4-3-5-14-28,36-21-10-8-19-34(36)39)29-25-23-27(24-26-29)30-16-12-17-32-31-15-6-11-22-37(31)41-38(30)32/h3-26H,1-2H3. The van der Waals surface area contributed by atoms with Crippen LogP contribution in [0.2, 0.25) is 0 Å². The summed E-state index contributed by atoms with van der Waals surface area (Å²) in [6, 6.07) is 54.6. The van der Waals surface area contributed by atoms with Crippen molar-refractivity contribution in [2.24, 2.45) is 0 Å². The first-order valence-corrected chi connectivity index (χ1v) is 16.1. The van der Waals surface area contributed by atoms with Crippen LogP contribution in [0.15, 0.2) is 146 Å². The van der Waals surface area contributed by atoms with E-state index < -0.39 is 5.41 Å². The first kappa shape index (κ1) is 24.6. The van der Waals surface area contributed by atoms with Gasteiger partial charge in [0.05, 0.1) is 0 Å². The molecule has 0 amide bonds. The van der Waals surface area contributed by atoms with Gasteiger partial charge in [0.15, 0.2) is 0 Å². The van der Waals surface area contributed by atoms with Gasteiger partial charge in [-0.3, -0.25) is 0 Å². The second kappa shape index (κ2) is 9.18. The zero-order chi connectivity index (χ0) is 27.6. The van der Waals surface area contributed by atoms with Gasteiger partial charge < -0.3 is 0 Å².